The smallest absolute Gasteiger partial charge is 0.269 e. The van der Waals surface area contributed by atoms with E-state index in [0.717, 1.165) is 12.0 Å². The molecule has 1 unspecified atom stereocenters. The first-order valence-electron chi connectivity index (χ1n) is 4.14. The van der Waals surface area contributed by atoms with E-state index in [-0.39, 0.29) is 5.69 Å². The van der Waals surface area contributed by atoms with Crippen LogP contribution in [0.4, 0.5) is 5.69 Å². The standard InChI is InChI=1S/C9H9NO3/c11-9-4-2-6-1-3-7(10(12)13)5-8(6)9/h1,3,5,9,11H,2,4H2. The van der Waals surface area contributed by atoms with Crippen molar-refractivity contribution in [3.63, 3.8) is 0 Å². The van der Waals surface area contributed by atoms with E-state index < -0.39 is 11.0 Å². The predicted molar refractivity (Wildman–Crippen MR) is 46.4 cm³/mol. The molecule has 0 heterocycles. The lowest BCUT2D eigenvalue weighted by Crippen LogP contribution is -1.93. The highest BCUT2D eigenvalue weighted by molar-refractivity contribution is 5.43. The second-order valence-electron chi connectivity index (χ2n) is 3.19. The quantitative estimate of drug-likeness (QED) is 0.525. The lowest BCUT2D eigenvalue weighted by molar-refractivity contribution is -0.385. The molecule has 2 rings (SSSR count). The van der Waals surface area contributed by atoms with Crippen molar-refractivity contribution in [2.45, 2.75) is 18.9 Å². The fraction of sp³-hybridized carbons (Fsp3) is 0.333. The van der Waals surface area contributed by atoms with E-state index in [9.17, 15) is 15.2 Å². The first-order valence-corrected chi connectivity index (χ1v) is 4.14. The van der Waals surface area contributed by atoms with Crippen molar-refractivity contribution in [1.29, 1.82) is 0 Å². The summed E-state index contributed by atoms with van der Waals surface area (Å²) in [5.41, 5.74) is 1.80. The van der Waals surface area contributed by atoms with E-state index in [0.29, 0.717) is 12.0 Å². The van der Waals surface area contributed by atoms with Crippen LogP contribution in [0.2, 0.25) is 0 Å². The summed E-state index contributed by atoms with van der Waals surface area (Å²) in [6.07, 6.45) is 0.972. The molecule has 1 aliphatic rings. The van der Waals surface area contributed by atoms with Gasteiger partial charge < -0.3 is 5.11 Å². The zero-order valence-corrected chi connectivity index (χ0v) is 6.93. The maximum atomic E-state index is 10.4. The summed E-state index contributed by atoms with van der Waals surface area (Å²) in [6.45, 7) is 0. The Morgan fingerprint density at radius 1 is 1.54 bits per heavy atom. The number of nitro groups is 1. The van der Waals surface area contributed by atoms with Gasteiger partial charge in [-0.05, 0) is 24.0 Å². The van der Waals surface area contributed by atoms with Crippen LogP contribution in [0.3, 0.4) is 0 Å². The van der Waals surface area contributed by atoms with Crippen LogP contribution in [-0.2, 0) is 6.42 Å². The lowest BCUT2D eigenvalue weighted by Gasteiger charge is -2.02. The van der Waals surface area contributed by atoms with Crippen molar-refractivity contribution in [3.8, 4) is 0 Å². The first-order chi connectivity index (χ1) is 6.18. The molecule has 1 atom stereocenters. The van der Waals surface area contributed by atoms with E-state index in [1.165, 1.54) is 12.1 Å². The fourth-order valence-electron chi connectivity index (χ4n) is 1.68. The number of aryl methyl sites for hydroxylation is 1. The molecule has 0 saturated heterocycles. The van der Waals surface area contributed by atoms with Gasteiger partial charge in [0.25, 0.3) is 5.69 Å². The molecule has 1 N–H and O–H groups in total. The van der Waals surface area contributed by atoms with Crippen LogP contribution in [0.1, 0.15) is 23.7 Å². The van der Waals surface area contributed by atoms with E-state index in [1.54, 1.807) is 6.07 Å². The molecule has 68 valence electrons. The Hall–Kier alpha value is -1.42. The van der Waals surface area contributed by atoms with Crippen LogP contribution < -0.4 is 0 Å². The van der Waals surface area contributed by atoms with E-state index in [1.807, 2.05) is 0 Å². The average molecular weight is 179 g/mol. The van der Waals surface area contributed by atoms with Crippen LogP contribution >= 0.6 is 0 Å². The molecule has 0 aliphatic heterocycles. The summed E-state index contributed by atoms with van der Waals surface area (Å²) in [7, 11) is 0. The van der Waals surface area contributed by atoms with Gasteiger partial charge in [0.1, 0.15) is 0 Å². The van der Waals surface area contributed by atoms with Gasteiger partial charge in [0.2, 0.25) is 0 Å². The predicted octanol–water partition coefficient (Wildman–Crippen LogP) is 1.57. The number of aliphatic hydroxyl groups excluding tert-OH is 1. The minimum atomic E-state index is -0.519. The van der Waals surface area contributed by atoms with Crippen LogP contribution in [0, 0.1) is 10.1 Å². The molecule has 1 aromatic carbocycles. The zero-order valence-electron chi connectivity index (χ0n) is 6.93. The number of benzene rings is 1. The lowest BCUT2D eigenvalue weighted by atomic mass is 10.1. The number of nitrogens with zero attached hydrogens (tertiary/aromatic N) is 1. The molecule has 1 aromatic rings. The third kappa shape index (κ3) is 1.29. The number of hydrogen-bond donors (Lipinski definition) is 1. The number of non-ortho nitro benzene ring substituents is 1. The number of rotatable bonds is 1. The number of hydrogen-bond acceptors (Lipinski definition) is 3. The second kappa shape index (κ2) is 2.81. The van der Waals surface area contributed by atoms with Gasteiger partial charge in [0, 0.05) is 12.1 Å². The summed E-state index contributed by atoms with van der Waals surface area (Å²) >= 11 is 0. The minimum absolute atomic E-state index is 0.0553. The summed E-state index contributed by atoms with van der Waals surface area (Å²) < 4.78 is 0. The number of nitro benzene ring substituents is 1. The zero-order chi connectivity index (χ0) is 9.42. The summed E-state index contributed by atoms with van der Waals surface area (Å²) in [5, 5.41) is 19.9. The molecular weight excluding hydrogens is 170 g/mol. The molecule has 13 heavy (non-hydrogen) atoms. The Morgan fingerprint density at radius 3 is 3.00 bits per heavy atom. The molecule has 0 bridgehead atoms. The Kier molecular flexibility index (Phi) is 1.77. The van der Waals surface area contributed by atoms with Crippen molar-refractivity contribution >= 4 is 5.69 Å². The van der Waals surface area contributed by atoms with Gasteiger partial charge in [-0.25, -0.2) is 0 Å². The Bertz CT molecular complexity index is 362. The molecule has 0 radical (unpaired) electrons. The molecule has 0 aromatic heterocycles. The van der Waals surface area contributed by atoms with Gasteiger partial charge in [0.05, 0.1) is 11.0 Å². The van der Waals surface area contributed by atoms with E-state index in [4.69, 9.17) is 0 Å². The maximum absolute atomic E-state index is 10.4. The van der Waals surface area contributed by atoms with Gasteiger partial charge in [0.15, 0.2) is 0 Å². The van der Waals surface area contributed by atoms with Crippen LogP contribution in [-0.4, -0.2) is 10.0 Å². The largest absolute Gasteiger partial charge is 0.388 e. The first kappa shape index (κ1) is 8.19. The third-order valence-corrected chi connectivity index (χ3v) is 2.39. The third-order valence-electron chi connectivity index (χ3n) is 2.39. The Labute approximate surface area is 75.0 Å². The van der Waals surface area contributed by atoms with Crippen molar-refractivity contribution in [1.82, 2.24) is 0 Å². The SMILES string of the molecule is O=[N+]([O-])c1ccc2c(c1)C(O)CC2. The minimum Gasteiger partial charge on any atom is -0.388 e. The van der Waals surface area contributed by atoms with E-state index >= 15 is 0 Å². The number of fused-ring (bicyclic) bond motifs is 1. The topological polar surface area (TPSA) is 63.4 Å². The van der Waals surface area contributed by atoms with Crippen molar-refractivity contribution in [3.05, 3.63) is 39.4 Å². The Morgan fingerprint density at radius 2 is 2.31 bits per heavy atom. The van der Waals surface area contributed by atoms with Gasteiger partial charge in [-0.2, -0.15) is 0 Å². The Balaban J connectivity index is 2.47. The highest BCUT2D eigenvalue weighted by atomic mass is 16.6. The molecule has 1 aliphatic carbocycles. The summed E-state index contributed by atoms with van der Waals surface area (Å²) in [5.74, 6) is 0. The molecule has 0 fully saturated rings. The van der Waals surface area contributed by atoms with Crippen molar-refractivity contribution in [2.75, 3.05) is 0 Å². The van der Waals surface area contributed by atoms with Crippen LogP contribution in [0.5, 0.6) is 0 Å². The molecule has 4 nitrogen and oxygen atoms in total. The average Bonchev–Trinajstić information content (AvgIpc) is 2.47. The van der Waals surface area contributed by atoms with E-state index in [2.05, 4.69) is 0 Å². The van der Waals surface area contributed by atoms with Gasteiger partial charge in [-0.1, -0.05) is 6.07 Å². The van der Waals surface area contributed by atoms with Gasteiger partial charge >= 0.3 is 0 Å². The summed E-state index contributed by atoms with van der Waals surface area (Å²) in [6, 6.07) is 4.67. The highest BCUT2D eigenvalue weighted by Gasteiger charge is 2.22. The molecule has 0 amide bonds. The second-order valence-corrected chi connectivity index (χ2v) is 3.19. The monoisotopic (exact) mass is 179 g/mol. The van der Waals surface area contributed by atoms with Gasteiger partial charge in [-0.15, -0.1) is 0 Å². The van der Waals surface area contributed by atoms with Crippen LogP contribution in [0.25, 0.3) is 0 Å². The summed E-state index contributed by atoms with van der Waals surface area (Å²) in [4.78, 5) is 9.99. The molecular formula is C9H9NO3. The normalized spacial score (nSPS) is 19.9. The fourth-order valence-corrected chi connectivity index (χ4v) is 1.68. The number of aliphatic hydroxyl groups is 1. The van der Waals surface area contributed by atoms with Gasteiger partial charge in [-0.3, -0.25) is 10.1 Å². The van der Waals surface area contributed by atoms with Crippen molar-refractivity contribution < 1.29 is 10.0 Å². The molecule has 4 heteroatoms. The van der Waals surface area contributed by atoms with Crippen LogP contribution in [0.15, 0.2) is 18.2 Å². The molecule has 0 spiro atoms. The molecule has 0 saturated carbocycles. The van der Waals surface area contributed by atoms with Crippen molar-refractivity contribution in [2.24, 2.45) is 0 Å². The maximum Gasteiger partial charge on any atom is 0.269 e. The highest BCUT2D eigenvalue weighted by Crippen LogP contribution is 2.33.